The number of hydrogen-bond donors (Lipinski definition) is 0. The van der Waals surface area contributed by atoms with Crippen LogP contribution in [0, 0.1) is 11.3 Å². The maximum atomic E-state index is 8.78. The van der Waals surface area contributed by atoms with E-state index in [-0.39, 0.29) is 0 Å². The summed E-state index contributed by atoms with van der Waals surface area (Å²) in [7, 11) is 0. The molecule has 0 amide bonds. The normalized spacial score (nSPS) is 16.2. The fourth-order valence-electron chi connectivity index (χ4n) is 2.34. The number of nitrogens with zero attached hydrogens (tertiary/aromatic N) is 4. The maximum Gasteiger partial charge on any atom is 0.0635 e. The molecule has 108 valence electrons. The molecule has 2 heterocycles. The van der Waals surface area contributed by atoms with Crippen LogP contribution in [0.5, 0.6) is 0 Å². The van der Waals surface area contributed by atoms with E-state index in [0.29, 0.717) is 6.42 Å². The van der Waals surface area contributed by atoms with Crippen molar-refractivity contribution >= 4 is 0 Å². The van der Waals surface area contributed by atoms with Gasteiger partial charge in [-0.3, -0.25) is 14.8 Å². The van der Waals surface area contributed by atoms with Crippen LogP contribution in [-0.2, 0) is 11.3 Å². The van der Waals surface area contributed by atoms with Crippen LogP contribution in [-0.4, -0.2) is 60.7 Å². The van der Waals surface area contributed by atoms with E-state index in [1.807, 2.05) is 12.3 Å². The summed E-state index contributed by atoms with van der Waals surface area (Å²) >= 11 is 0. The first kappa shape index (κ1) is 14.9. The van der Waals surface area contributed by atoms with E-state index in [4.69, 9.17) is 10.00 Å². The maximum absolute atomic E-state index is 8.78. The van der Waals surface area contributed by atoms with Gasteiger partial charge in [-0.25, -0.2) is 0 Å². The molecule has 1 aliphatic rings. The number of pyridine rings is 1. The van der Waals surface area contributed by atoms with Gasteiger partial charge in [0.05, 0.1) is 19.3 Å². The fourth-order valence-corrected chi connectivity index (χ4v) is 2.34. The standard InChI is InChI=1S/C15H22N4O/c16-4-2-6-19(14-15-3-1-5-17-13-15)8-7-18-9-11-20-12-10-18/h1,3,5,13H,2,6-12,14H2. The zero-order chi connectivity index (χ0) is 14.0. The zero-order valence-electron chi connectivity index (χ0n) is 11.9. The van der Waals surface area contributed by atoms with E-state index in [1.165, 1.54) is 5.56 Å². The summed E-state index contributed by atoms with van der Waals surface area (Å²) in [4.78, 5) is 8.90. The van der Waals surface area contributed by atoms with Crippen molar-refractivity contribution < 1.29 is 4.74 Å². The van der Waals surface area contributed by atoms with E-state index < -0.39 is 0 Å². The van der Waals surface area contributed by atoms with Crippen LogP contribution in [0.15, 0.2) is 24.5 Å². The molecule has 0 aliphatic carbocycles. The lowest BCUT2D eigenvalue weighted by molar-refractivity contribution is 0.0330. The van der Waals surface area contributed by atoms with Crippen molar-refractivity contribution in [3.63, 3.8) is 0 Å². The van der Waals surface area contributed by atoms with E-state index in [9.17, 15) is 0 Å². The Bertz CT molecular complexity index is 412. The minimum Gasteiger partial charge on any atom is -0.379 e. The molecule has 0 saturated carbocycles. The fraction of sp³-hybridized carbons (Fsp3) is 0.600. The molecular formula is C15H22N4O. The molecule has 0 spiro atoms. The van der Waals surface area contributed by atoms with Gasteiger partial charge in [0, 0.05) is 58.1 Å². The first-order valence-corrected chi connectivity index (χ1v) is 7.17. The van der Waals surface area contributed by atoms with Gasteiger partial charge < -0.3 is 4.74 Å². The van der Waals surface area contributed by atoms with Gasteiger partial charge in [0.25, 0.3) is 0 Å². The monoisotopic (exact) mass is 274 g/mol. The Morgan fingerprint density at radius 3 is 2.90 bits per heavy atom. The molecule has 1 aliphatic heterocycles. The number of ether oxygens (including phenoxy) is 1. The summed E-state index contributed by atoms with van der Waals surface area (Å²) < 4.78 is 5.36. The third-order valence-corrected chi connectivity index (χ3v) is 3.50. The molecule has 5 heteroatoms. The topological polar surface area (TPSA) is 52.4 Å². The molecule has 1 aromatic rings. The predicted molar refractivity (Wildman–Crippen MR) is 77.0 cm³/mol. The number of rotatable bonds is 7. The minimum atomic E-state index is 0.573. The van der Waals surface area contributed by atoms with E-state index >= 15 is 0 Å². The second kappa shape index (κ2) is 8.64. The van der Waals surface area contributed by atoms with Crippen molar-refractivity contribution in [2.24, 2.45) is 0 Å². The van der Waals surface area contributed by atoms with Gasteiger partial charge in [-0.15, -0.1) is 0 Å². The number of nitriles is 1. The first-order chi connectivity index (χ1) is 9.88. The molecule has 0 bridgehead atoms. The Hall–Kier alpha value is -1.48. The Morgan fingerprint density at radius 2 is 2.20 bits per heavy atom. The van der Waals surface area contributed by atoms with Crippen LogP contribution in [0.4, 0.5) is 0 Å². The van der Waals surface area contributed by atoms with Crippen molar-refractivity contribution in [2.45, 2.75) is 13.0 Å². The van der Waals surface area contributed by atoms with Gasteiger partial charge in [0.1, 0.15) is 0 Å². The lowest BCUT2D eigenvalue weighted by atomic mass is 10.2. The molecule has 0 radical (unpaired) electrons. The predicted octanol–water partition coefficient (Wildman–Crippen LogP) is 1.13. The van der Waals surface area contributed by atoms with Gasteiger partial charge in [-0.2, -0.15) is 5.26 Å². The zero-order valence-corrected chi connectivity index (χ0v) is 11.9. The van der Waals surface area contributed by atoms with Crippen LogP contribution in [0.1, 0.15) is 12.0 Å². The highest BCUT2D eigenvalue weighted by Gasteiger charge is 2.12. The second-order valence-electron chi connectivity index (χ2n) is 5.00. The summed E-state index contributed by atoms with van der Waals surface area (Å²) in [5.74, 6) is 0. The molecule has 1 fully saturated rings. The first-order valence-electron chi connectivity index (χ1n) is 7.17. The van der Waals surface area contributed by atoms with Crippen molar-refractivity contribution in [1.82, 2.24) is 14.8 Å². The van der Waals surface area contributed by atoms with Gasteiger partial charge >= 0.3 is 0 Å². The number of morpholine rings is 1. The molecule has 0 aromatic carbocycles. The SMILES string of the molecule is N#CCCN(CCN1CCOCC1)Cc1cccnc1. The molecule has 2 rings (SSSR count). The van der Waals surface area contributed by atoms with Crippen LogP contribution in [0.25, 0.3) is 0 Å². The lowest BCUT2D eigenvalue weighted by Crippen LogP contribution is -2.41. The summed E-state index contributed by atoms with van der Waals surface area (Å²) in [5, 5.41) is 8.78. The molecule has 1 saturated heterocycles. The minimum absolute atomic E-state index is 0.573. The number of hydrogen-bond acceptors (Lipinski definition) is 5. The lowest BCUT2D eigenvalue weighted by Gasteiger charge is -2.29. The molecule has 0 atom stereocenters. The highest BCUT2D eigenvalue weighted by Crippen LogP contribution is 2.05. The Balaban J connectivity index is 1.81. The second-order valence-corrected chi connectivity index (χ2v) is 5.00. The molecule has 20 heavy (non-hydrogen) atoms. The van der Waals surface area contributed by atoms with Gasteiger partial charge in [0.2, 0.25) is 0 Å². The molecule has 5 nitrogen and oxygen atoms in total. The summed E-state index contributed by atoms with van der Waals surface area (Å²) in [6.45, 7) is 7.39. The van der Waals surface area contributed by atoms with Gasteiger partial charge in [-0.05, 0) is 11.6 Å². The van der Waals surface area contributed by atoms with E-state index in [1.54, 1.807) is 6.20 Å². The number of aromatic nitrogens is 1. The quantitative estimate of drug-likeness (QED) is 0.746. The summed E-state index contributed by atoms with van der Waals surface area (Å²) in [6, 6.07) is 6.27. The van der Waals surface area contributed by atoms with Crippen LogP contribution in [0.2, 0.25) is 0 Å². The smallest absolute Gasteiger partial charge is 0.0635 e. The Morgan fingerprint density at radius 1 is 1.35 bits per heavy atom. The van der Waals surface area contributed by atoms with Gasteiger partial charge in [-0.1, -0.05) is 6.07 Å². The summed E-state index contributed by atoms with van der Waals surface area (Å²) in [5.41, 5.74) is 1.20. The molecule has 1 aromatic heterocycles. The van der Waals surface area contributed by atoms with Gasteiger partial charge in [0.15, 0.2) is 0 Å². The highest BCUT2D eigenvalue weighted by atomic mass is 16.5. The average Bonchev–Trinajstić information content (AvgIpc) is 2.52. The van der Waals surface area contributed by atoms with Crippen molar-refractivity contribution in [3.05, 3.63) is 30.1 Å². The largest absolute Gasteiger partial charge is 0.379 e. The van der Waals surface area contributed by atoms with Crippen molar-refractivity contribution in [3.8, 4) is 6.07 Å². The Labute approximate surface area is 120 Å². The van der Waals surface area contributed by atoms with E-state index in [0.717, 1.165) is 52.5 Å². The average molecular weight is 274 g/mol. The molecular weight excluding hydrogens is 252 g/mol. The van der Waals surface area contributed by atoms with Crippen LogP contribution >= 0.6 is 0 Å². The molecule has 0 unspecified atom stereocenters. The summed E-state index contributed by atoms with van der Waals surface area (Å²) in [6.07, 6.45) is 4.26. The highest BCUT2D eigenvalue weighted by molar-refractivity contribution is 5.08. The van der Waals surface area contributed by atoms with Crippen molar-refractivity contribution in [1.29, 1.82) is 5.26 Å². The van der Waals surface area contributed by atoms with E-state index in [2.05, 4.69) is 26.9 Å². The molecule has 0 N–H and O–H groups in total. The van der Waals surface area contributed by atoms with Crippen molar-refractivity contribution in [2.75, 3.05) is 45.9 Å². The third kappa shape index (κ3) is 5.25. The Kier molecular flexibility index (Phi) is 6.45. The van der Waals surface area contributed by atoms with Crippen LogP contribution < -0.4 is 0 Å². The third-order valence-electron chi connectivity index (χ3n) is 3.50. The van der Waals surface area contributed by atoms with Crippen LogP contribution in [0.3, 0.4) is 0 Å².